The maximum Gasteiger partial charge on any atom is 0.275 e. The lowest BCUT2D eigenvalue weighted by Gasteiger charge is -2.18. The Labute approximate surface area is 100 Å². The van der Waals surface area contributed by atoms with Crippen LogP contribution in [0.3, 0.4) is 0 Å². The van der Waals surface area contributed by atoms with Gasteiger partial charge in [-0.3, -0.25) is 10.1 Å². The molecule has 0 heterocycles. The predicted molar refractivity (Wildman–Crippen MR) is 66.6 cm³/mol. The lowest BCUT2D eigenvalue weighted by molar-refractivity contribution is -0.384. The summed E-state index contributed by atoms with van der Waals surface area (Å²) in [5.74, 6) is 0.501. The summed E-state index contributed by atoms with van der Waals surface area (Å²) in [7, 11) is 1.83. The van der Waals surface area contributed by atoms with E-state index < -0.39 is 4.92 Å². The van der Waals surface area contributed by atoms with Gasteiger partial charge in [0.1, 0.15) is 5.75 Å². The molecule has 0 aliphatic rings. The Morgan fingerprint density at radius 3 is 2.71 bits per heavy atom. The molecule has 0 atom stereocenters. The van der Waals surface area contributed by atoms with Crippen molar-refractivity contribution in [3.05, 3.63) is 28.3 Å². The zero-order valence-electron chi connectivity index (χ0n) is 10.0. The van der Waals surface area contributed by atoms with E-state index in [1.807, 2.05) is 18.9 Å². The van der Waals surface area contributed by atoms with Gasteiger partial charge in [0.15, 0.2) is 0 Å². The lowest BCUT2D eigenvalue weighted by Crippen LogP contribution is -2.25. The van der Waals surface area contributed by atoms with Crippen molar-refractivity contribution in [2.45, 2.75) is 6.92 Å². The van der Waals surface area contributed by atoms with Gasteiger partial charge in [-0.15, -0.1) is 0 Å². The summed E-state index contributed by atoms with van der Waals surface area (Å²) in [4.78, 5) is 12.2. The molecule has 0 saturated carbocycles. The molecule has 0 aliphatic heterocycles. The van der Waals surface area contributed by atoms with E-state index in [-0.39, 0.29) is 5.69 Å². The van der Waals surface area contributed by atoms with Crippen LogP contribution in [-0.4, -0.2) is 31.7 Å². The fraction of sp³-hybridized carbons (Fsp3) is 0.455. The zero-order valence-corrected chi connectivity index (χ0v) is 10.0. The monoisotopic (exact) mass is 239 g/mol. The molecular formula is C11H17N3O3. The van der Waals surface area contributed by atoms with E-state index >= 15 is 0 Å². The molecule has 1 aromatic rings. The normalized spacial score (nSPS) is 10.1. The lowest BCUT2D eigenvalue weighted by atomic mass is 10.2. The predicted octanol–water partition coefficient (Wildman–Crippen LogP) is 1.39. The highest BCUT2D eigenvalue weighted by Crippen LogP contribution is 2.27. The van der Waals surface area contributed by atoms with E-state index in [0.29, 0.717) is 25.4 Å². The van der Waals surface area contributed by atoms with Crippen LogP contribution in [0.4, 0.5) is 11.4 Å². The van der Waals surface area contributed by atoms with E-state index in [1.54, 1.807) is 6.07 Å². The van der Waals surface area contributed by atoms with Crippen molar-refractivity contribution in [2.24, 2.45) is 5.73 Å². The highest BCUT2D eigenvalue weighted by Gasteiger charge is 2.12. The van der Waals surface area contributed by atoms with Crippen molar-refractivity contribution >= 4 is 11.4 Å². The third kappa shape index (κ3) is 3.60. The minimum absolute atomic E-state index is 0.0230. The molecule has 2 N–H and O–H groups in total. The SMILES string of the molecule is CCOc1cc(N(C)CCN)cc([N+](=O)[O-])c1. The Kier molecular flexibility index (Phi) is 4.71. The summed E-state index contributed by atoms with van der Waals surface area (Å²) in [5, 5.41) is 10.8. The molecule has 0 fully saturated rings. The van der Waals surface area contributed by atoms with Crippen LogP contribution < -0.4 is 15.4 Å². The van der Waals surface area contributed by atoms with Crippen molar-refractivity contribution in [3.63, 3.8) is 0 Å². The Morgan fingerprint density at radius 2 is 2.18 bits per heavy atom. The average Bonchev–Trinajstić information content (AvgIpc) is 2.29. The second-order valence-electron chi connectivity index (χ2n) is 3.59. The van der Waals surface area contributed by atoms with Gasteiger partial charge in [0, 0.05) is 38.0 Å². The summed E-state index contributed by atoms with van der Waals surface area (Å²) in [6.45, 7) is 3.43. The van der Waals surface area contributed by atoms with Crippen LogP contribution in [0.25, 0.3) is 0 Å². The molecule has 6 heteroatoms. The van der Waals surface area contributed by atoms with Gasteiger partial charge in [0.25, 0.3) is 5.69 Å². The van der Waals surface area contributed by atoms with Gasteiger partial charge >= 0.3 is 0 Å². The largest absolute Gasteiger partial charge is 0.494 e. The van der Waals surface area contributed by atoms with Crippen molar-refractivity contribution in [1.82, 2.24) is 0 Å². The number of hydrogen-bond donors (Lipinski definition) is 1. The number of ether oxygens (including phenoxy) is 1. The van der Waals surface area contributed by atoms with Crippen LogP contribution in [0.1, 0.15) is 6.92 Å². The molecule has 0 aliphatic carbocycles. The number of benzene rings is 1. The van der Waals surface area contributed by atoms with Gasteiger partial charge in [-0.05, 0) is 6.92 Å². The summed E-state index contributed by atoms with van der Waals surface area (Å²) in [6.07, 6.45) is 0. The van der Waals surface area contributed by atoms with Gasteiger partial charge < -0.3 is 15.4 Å². The number of rotatable bonds is 6. The van der Waals surface area contributed by atoms with Gasteiger partial charge in [-0.1, -0.05) is 0 Å². The zero-order chi connectivity index (χ0) is 12.8. The molecule has 1 aromatic carbocycles. The van der Waals surface area contributed by atoms with Crippen molar-refractivity contribution in [3.8, 4) is 5.75 Å². The second-order valence-corrected chi connectivity index (χ2v) is 3.59. The van der Waals surface area contributed by atoms with Crippen LogP contribution in [0.2, 0.25) is 0 Å². The number of nitro groups is 1. The van der Waals surface area contributed by atoms with Gasteiger partial charge in [-0.25, -0.2) is 0 Å². The molecule has 94 valence electrons. The van der Waals surface area contributed by atoms with Crippen molar-refractivity contribution < 1.29 is 9.66 Å². The highest BCUT2D eigenvalue weighted by atomic mass is 16.6. The Hall–Kier alpha value is -1.82. The maximum absolute atomic E-state index is 10.8. The van der Waals surface area contributed by atoms with Crippen LogP contribution >= 0.6 is 0 Å². The Morgan fingerprint density at radius 1 is 1.47 bits per heavy atom. The van der Waals surface area contributed by atoms with E-state index in [4.69, 9.17) is 10.5 Å². The number of anilines is 1. The smallest absolute Gasteiger partial charge is 0.275 e. The minimum atomic E-state index is -0.428. The molecular weight excluding hydrogens is 222 g/mol. The number of non-ortho nitro benzene ring substituents is 1. The molecule has 0 amide bonds. The summed E-state index contributed by atoms with van der Waals surface area (Å²) < 4.78 is 5.30. The summed E-state index contributed by atoms with van der Waals surface area (Å²) in [5.41, 5.74) is 6.21. The Bertz CT molecular complexity index is 396. The molecule has 0 spiro atoms. The first-order chi connectivity index (χ1) is 8.08. The number of nitro benzene ring substituents is 1. The fourth-order valence-electron chi connectivity index (χ4n) is 1.47. The molecule has 0 radical (unpaired) electrons. The average molecular weight is 239 g/mol. The van der Waals surface area contributed by atoms with Crippen LogP contribution in [0.5, 0.6) is 5.75 Å². The van der Waals surface area contributed by atoms with Crippen LogP contribution in [-0.2, 0) is 0 Å². The first-order valence-corrected chi connectivity index (χ1v) is 5.42. The summed E-state index contributed by atoms with van der Waals surface area (Å²) >= 11 is 0. The van der Waals surface area contributed by atoms with Crippen LogP contribution in [0, 0.1) is 10.1 Å². The second kappa shape index (κ2) is 6.05. The van der Waals surface area contributed by atoms with E-state index in [9.17, 15) is 10.1 Å². The number of nitrogens with zero attached hydrogens (tertiary/aromatic N) is 2. The van der Waals surface area contributed by atoms with E-state index in [2.05, 4.69) is 0 Å². The molecule has 6 nitrogen and oxygen atoms in total. The quantitative estimate of drug-likeness (QED) is 0.599. The number of hydrogen-bond acceptors (Lipinski definition) is 5. The van der Waals surface area contributed by atoms with Crippen LogP contribution in [0.15, 0.2) is 18.2 Å². The fourth-order valence-corrected chi connectivity index (χ4v) is 1.47. The molecule has 0 aromatic heterocycles. The minimum Gasteiger partial charge on any atom is -0.494 e. The topological polar surface area (TPSA) is 81.6 Å². The molecule has 1 rings (SSSR count). The van der Waals surface area contributed by atoms with E-state index in [0.717, 1.165) is 5.69 Å². The van der Waals surface area contributed by atoms with Gasteiger partial charge in [0.05, 0.1) is 17.6 Å². The standard InChI is InChI=1S/C11H17N3O3/c1-3-17-11-7-9(13(2)5-4-12)6-10(8-11)14(15)16/h6-8H,3-5,12H2,1-2H3. The molecule has 0 unspecified atom stereocenters. The van der Waals surface area contributed by atoms with E-state index in [1.165, 1.54) is 12.1 Å². The van der Waals surface area contributed by atoms with Gasteiger partial charge in [0.2, 0.25) is 0 Å². The Balaban J connectivity index is 3.07. The highest BCUT2D eigenvalue weighted by molar-refractivity contribution is 5.57. The summed E-state index contributed by atoms with van der Waals surface area (Å²) in [6, 6.07) is 4.70. The first-order valence-electron chi connectivity index (χ1n) is 5.42. The number of likely N-dealkylation sites (N-methyl/N-ethyl adjacent to an activating group) is 1. The molecule has 17 heavy (non-hydrogen) atoms. The van der Waals surface area contributed by atoms with Gasteiger partial charge in [-0.2, -0.15) is 0 Å². The number of nitrogens with two attached hydrogens (primary N) is 1. The molecule has 0 saturated heterocycles. The van der Waals surface area contributed by atoms with Crippen molar-refractivity contribution in [2.75, 3.05) is 31.6 Å². The maximum atomic E-state index is 10.8. The third-order valence-corrected chi connectivity index (χ3v) is 2.30. The van der Waals surface area contributed by atoms with Crippen molar-refractivity contribution in [1.29, 1.82) is 0 Å². The third-order valence-electron chi connectivity index (χ3n) is 2.30. The molecule has 0 bridgehead atoms. The first kappa shape index (κ1) is 13.2.